The van der Waals surface area contributed by atoms with Gasteiger partial charge in [-0.05, 0) is 67.9 Å². The SMILES string of the molecule is COc1ccc2nccc([C@@H](O)CN(Cc3ccc4ncc(=O)oc4n3)C3CCNCC3)c2c1. The van der Waals surface area contributed by atoms with E-state index >= 15 is 0 Å². The van der Waals surface area contributed by atoms with Crippen LogP contribution in [0.4, 0.5) is 0 Å². The number of hydrogen-bond donors (Lipinski definition) is 2. The van der Waals surface area contributed by atoms with Crippen molar-refractivity contribution in [2.24, 2.45) is 0 Å². The van der Waals surface area contributed by atoms with E-state index in [4.69, 9.17) is 9.15 Å². The first-order valence-corrected chi connectivity index (χ1v) is 11.4. The van der Waals surface area contributed by atoms with Gasteiger partial charge in [0, 0.05) is 30.7 Å². The lowest BCUT2D eigenvalue weighted by atomic mass is 10.00. The number of benzene rings is 1. The van der Waals surface area contributed by atoms with Crippen LogP contribution < -0.4 is 15.7 Å². The van der Waals surface area contributed by atoms with Gasteiger partial charge in [-0.25, -0.2) is 14.8 Å². The van der Waals surface area contributed by atoms with E-state index in [1.54, 1.807) is 19.4 Å². The van der Waals surface area contributed by atoms with E-state index in [0.29, 0.717) is 18.6 Å². The van der Waals surface area contributed by atoms with Gasteiger partial charge >= 0.3 is 5.63 Å². The van der Waals surface area contributed by atoms with Crippen molar-refractivity contribution in [2.45, 2.75) is 31.5 Å². The number of aromatic nitrogens is 3. The Hall–Kier alpha value is -3.40. The van der Waals surface area contributed by atoms with Crippen LogP contribution in [0, 0.1) is 0 Å². The number of nitrogens with zero attached hydrogens (tertiary/aromatic N) is 4. The highest BCUT2D eigenvalue weighted by Crippen LogP contribution is 2.28. The molecule has 1 aromatic carbocycles. The standard InChI is InChI=1S/C25H27N5O4/c1-33-18-3-5-21-20(12-18)19(8-11-27-21)23(31)15-30(17-6-9-26-10-7-17)14-16-2-4-22-25(29-16)34-24(32)13-28-22/h2-5,8,11-13,17,23,26,31H,6-7,9-10,14-15H2,1H3/t23-/m0/s1. The number of aliphatic hydroxyl groups is 1. The Balaban J connectivity index is 1.45. The van der Waals surface area contributed by atoms with Gasteiger partial charge in [-0.2, -0.15) is 0 Å². The van der Waals surface area contributed by atoms with Crippen molar-refractivity contribution < 1.29 is 14.3 Å². The van der Waals surface area contributed by atoms with Gasteiger partial charge in [0.1, 0.15) is 17.5 Å². The summed E-state index contributed by atoms with van der Waals surface area (Å²) in [5, 5.41) is 15.6. The molecule has 9 heteroatoms. The summed E-state index contributed by atoms with van der Waals surface area (Å²) >= 11 is 0. The number of pyridine rings is 2. The van der Waals surface area contributed by atoms with Gasteiger partial charge < -0.3 is 19.6 Å². The first-order chi connectivity index (χ1) is 16.6. The molecule has 1 aliphatic rings. The third-order valence-electron chi connectivity index (χ3n) is 6.34. The molecule has 1 fully saturated rings. The number of rotatable bonds is 7. The van der Waals surface area contributed by atoms with Crippen LogP contribution in [0.3, 0.4) is 0 Å². The van der Waals surface area contributed by atoms with Crippen LogP contribution in [0.15, 0.2) is 58.0 Å². The molecule has 9 nitrogen and oxygen atoms in total. The van der Waals surface area contributed by atoms with Crippen molar-refractivity contribution in [1.29, 1.82) is 0 Å². The third-order valence-corrected chi connectivity index (χ3v) is 6.34. The van der Waals surface area contributed by atoms with Gasteiger partial charge in [-0.1, -0.05) is 0 Å². The van der Waals surface area contributed by atoms with E-state index in [1.807, 2.05) is 30.3 Å². The summed E-state index contributed by atoms with van der Waals surface area (Å²) in [7, 11) is 1.63. The van der Waals surface area contributed by atoms with Crippen molar-refractivity contribution in [3.63, 3.8) is 0 Å². The Bertz CT molecular complexity index is 1350. The maximum atomic E-state index is 11.6. The summed E-state index contributed by atoms with van der Waals surface area (Å²) in [5.41, 5.74) is 2.62. The third kappa shape index (κ3) is 4.77. The Kier molecular flexibility index (Phi) is 6.48. The number of methoxy groups -OCH3 is 1. The Morgan fingerprint density at radius 1 is 1.18 bits per heavy atom. The van der Waals surface area contributed by atoms with Crippen LogP contribution in [-0.4, -0.2) is 57.7 Å². The van der Waals surface area contributed by atoms with Gasteiger partial charge in [0.2, 0.25) is 5.71 Å². The van der Waals surface area contributed by atoms with E-state index in [1.165, 1.54) is 0 Å². The monoisotopic (exact) mass is 461 g/mol. The Morgan fingerprint density at radius 3 is 2.82 bits per heavy atom. The second-order valence-corrected chi connectivity index (χ2v) is 8.52. The smallest absolute Gasteiger partial charge is 0.356 e. The van der Waals surface area contributed by atoms with Crippen LogP contribution in [0.1, 0.15) is 30.2 Å². The van der Waals surface area contributed by atoms with E-state index in [9.17, 15) is 9.90 Å². The van der Waals surface area contributed by atoms with Crippen molar-refractivity contribution in [3.8, 4) is 5.75 Å². The first-order valence-electron chi connectivity index (χ1n) is 11.4. The predicted molar refractivity (Wildman–Crippen MR) is 128 cm³/mol. The lowest BCUT2D eigenvalue weighted by molar-refractivity contribution is 0.0698. The molecule has 2 N–H and O–H groups in total. The minimum atomic E-state index is -0.729. The van der Waals surface area contributed by atoms with Gasteiger partial charge in [0.05, 0.1) is 24.4 Å². The molecule has 1 aliphatic heterocycles. The molecule has 4 aromatic rings. The maximum Gasteiger partial charge on any atom is 0.356 e. The molecule has 0 unspecified atom stereocenters. The summed E-state index contributed by atoms with van der Waals surface area (Å²) in [4.78, 5) is 26.9. The summed E-state index contributed by atoms with van der Waals surface area (Å²) in [5.74, 6) is 0.722. The molecule has 1 atom stereocenters. The molecule has 1 saturated heterocycles. The van der Waals surface area contributed by atoms with Crippen LogP contribution in [0.25, 0.3) is 22.1 Å². The number of fused-ring (bicyclic) bond motifs is 2. The van der Waals surface area contributed by atoms with E-state index < -0.39 is 11.7 Å². The maximum absolute atomic E-state index is 11.6. The van der Waals surface area contributed by atoms with E-state index in [0.717, 1.165) is 60.0 Å². The number of nitrogens with one attached hydrogen (secondary N) is 1. The van der Waals surface area contributed by atoms with Gasteiger partial charge in [0.15, 0.2) is 0 Å². The number of piperidine rings is 1. The van der Waals surface area contributed by atoms with Crippen LogP contribution in [-0.2, 0) is 6.54 Å². The topological polar surface area (TPSA) is 114 Å². The minimum Gasteiger partial charge on any atom is -0.497 e. The average Bonchev–Trinajstić information content (AvgIpc) is 2.87. The molecule has 0 aliphatic carbocycles. The molecule has 34 heavy (non-hydrogen) atoms. The lowest BCUT2D eigenvalue weighted by Gasteiger charge is -2.36. The summed E-state index contributed by atoms with van der Waals surface area (Å²) in [6.07, 6.45) is 4.09. The van der Waals surface area contributed by atoms with Crippen LogP contribution in [0.5, 0.6) is 5.75 Å². The van der Waals surface area contributed by atoms with Crippen LogP contribution in [0.2, 0.25) is 0 Å². The fourth-order valence-electron chi connectivity index (χ4n) is 4.58. The second-order valence-electron chi connectivity index (χ2n) is 8.52. The molecule has 0 spiro atoms. The van der Waals surface area contributed by atoms with Crippen molar-refractivity contribution in [2.75, 3.05) is 26.7 Å². The molecule has 0 bridgehead atoms. The van der Waals surface area contributed by atoms with Crippen molar-refractivity contribution in [3.05, 3.63) is 70.5 Å². The highest BCUT2D eigenvalue weighted by molar-refractivity contribution is 5.83. The zero-order valence-electron chi connectivity index (χ0n) is 19.0. The Morgan fingerprint density at radius 2 is 2.00 bits per heavy atom. The Labute approximate surface area is 196 Å². The van der Waals surface area contributed by atoms with Crippen molar-refractivity contribution in [1.82, 2.24) is 25.2 Å². The molecule has 5 rings (SSSR count). The fourth-order valence-corrected chi connectivity index (χ4v) is 4.58. The normalized spacial score (nSPS) is 15.7. The molecule has 4 heterocycles. The molecule has 0 amide bonds. The largest absolute Gasteiger partial charge is 0.497 e. The van der Waals surface area contributed by atoms with Gasteiger partial charge in [-0.15, -0.1) is 0 Å². The highest BCUT2D eigenvalue weighted by atomic mass is 16.5. The van der Waals surface area contributed by atoms with E-state index in [-0.39, 0.29) is 11.8 Å². The minimum absolute atomic E-state index is 0.225. The quantitative estimate of drug-likeness (QED) is 0.428. The predicted octanol–water partition coefficient (Wildman–Crippen LogP) is 2.43. The zero-order valence-corrected chi connectivity index (χ0v) is 19.0. The van der Waals surface area contributed by atoms with Gasteiger partial charge in [-0.3, -0.25) is 9.88 Å². The van der Waals surface area contributed by atoms with E-state index in [2.05, 4.69) is 25.2 Å². The molecular weight excluding hydrogens is 434 g/mol. The lowest BCUT2D eigenvalue weighted by Crippen LogP contribution is -2.44. The fraction of sp³-hybridized carbons (Fsp3) is 0.360. The summed E-state index contributed by atoms with van der Waals surface area (Å²) < 4.78 is 10.6. The zero-order chi connectivity index (χ0) is 23.5. The molecule has 3 aromatic heterocycles. The molecule has 0 saturated carbocycles. The van der Waals surface area contributed by atoms with Gasteiger partial charge in [0.25, 0.3) is 0 Å². The van der Waals surface area contributed by atoms with Crippen molar-refractivity contribution >= 4 is 22.1 Å². The second kappa shape index (κ2) is 9.84. The summed E-state index contributed by atoms with van der Waals surface area (Å²) in [6, 6.07) is 11.5. The molecule has 176 valence electrons. The molecule has 0 radical (unpaired) electrons. The van der Waals surface area contributed by atoms with Crippen LogP contribution >= 0.6 is 0 Å². The average molecular weight is 462 g/mol. The highest BCUT2D eigenvalue weighted by Gasteiger charge is 2.25. The summed E-state index contributed by atoms with van der Waals surface area (Å²) in [6.45, 7) is 2.80. The molecular formula is C25H27N5O4. The number of ether oxygens (including phenoxy) is 1. The number of hydrogen-bond acceptors (Lipinski definition) is 9. The number of aliphatic hydroxyl groups excluding tert-OH is 1. The first kappa shape index (κ1) is 22.4.